The smallest absolute Gasteiger partial charge is 0.264 e. The zero-order chi connectivity index (χ0) is 19.9. The number of hydrogen-bond acceptors (Lipinski definition) is 6. The van der Waals surface area contributed by atoms with E-state index in [0.29, 0.717) is 29.0 Å². The molecule has 1 aliphatic heterocycles. The lowest BCUT2D eigenvalue weighted by molar-refractivity contribution is -0.117. The van der Waals surface area contributed by atoms with Gasteiger partial charge in [-0.2, -0.15) is 0 Å². The topological polar surface area (TPSA) is 110 Å². The molecule has 7 nitrogen and oxygen atoms in total. The quantitative estimate of drug-likeness (QED) is 0.801. The van der Waals surface area contributed by atoms with Gasteiger partial charge in [0.1, 0.15) is 0 Å². The number of hydrogen-bond donors (Lipinski definition) is 2. The number of sulfonamides is 1. The average molecular weight is 408 g/mol. The molecule has 3 N–H and O–H groups in total. The van der Waals surface area contributed by atoms with Crippen molar-refractivity contribution in [2.45, 2.75) is 31.7 Å². The van der Waals surface area contributed by atoms with Gasteiger partial charge in [-0.1, -0.05) is 11.6 Å². The molecule has 27 heavy (non-hydrogen) atoms. The number of fused-ring (bicyclic) bond motifs is 1. The first kappa shape index (κ1) is 19.5. The molecule has 0 atom stereocenters. The molecule has 0 radical (unpaired) electrons. The van der Waals surface area contributed by atoms with E-state index in [0.717, 1.165) is 29.5 Å². The van der Waals surface area contributed by atoms with Crippen LogP contribution >= 0.6 is 11.3 Å². The Labute approximate surface area is 162 Å². The molecular weight excluding hydrogens is 386 g/mol. The minimum absolute atomic E-state index is 0.0437. The molecule has 9 heteroatoms. The third kappa shape index (κ3) is 3.76. The average Bonchev–Trinajstić information content (AvgIpc) is 2.91. The van der Waals surface area contributed by atoms with Crippen LogP contribution in [-0.4, -0.2) is 38.7 Å². The van der Waals surface area contributed by atoms with Crippen molar-refractivity contribution in [1.29, 1.82) is 0 Å². The Morgan fingerprint density at radius 3 is 2.63 bits per heavy atom. The van der Waals surface area contributed by atoms with Gasteiger partial charge >= 0.3 is 0 Å². The maximum absolute atomic E-state index is 12.7. The summed E-state index contributed by atoms with van der Waals surface area (Å²) in [7, 11) is -2.07. The number of carbonyl (C=O) groups excluding carboxylic acids is 2. The van der Waals surface area contributed by atoms with Crippen molar-refractivity contribution in [2.75, 3.05) is 13.6 Å². The predicted octanol–water partition coefficient (Wildman–Crippen LogP) is 1.64. The largest absolute Gasteiger partial charge is 0.366 e. The molecule has 1 aromatic carbocycles. The Balaban J connectivity index is 2.28. The van der Waals surface area contributed by atoms with E-state index in [1.807, 2.05) is 18.7 Å². The number of carbonyl (C=O) groups is 2. The summed E-state index contributed by atoms with van der Waals surface area (Å²) in [4.78, 5) is 27.2. The second-order valence-corrected chi connectivity index (χ2v) is 9.48. The summed E-state index contributed by atoms with van der Waals surface area (Å²) in [5.74, 6) is -1.25. The fourth-order valence-corrected chi connectivity index (χ4v) is 6.00. The van der Waals surface area contributed by atoms with Crippen molar-refractivity contribution in [1.82, 2.24) is 9.62 Å². The van der Waals surface area contributed by atoms with Gasteiger partial charge in [-0.05, 0) is 38.1 Å². The van der Waals surface area contributed by atoms with Crippen LogP contribution in [0.3, 0.4) is 0 Å². The van der Waals surface area contributed by atoms with E-state index in [1.54, 1.807) is 12.1 Å². The first-order valence-corrected chi connectivity index (χ1v) is 10.7. The van der Waals surface area contributed by atoms with Gasteiger partial charge in [0.15, 0.2) is 0 Å². The maximum Gasteiger partial charge on any atom is 0.264 e. The van der Waals surface area contributed by atoms with Gasteiger partial charge in [0.2, 0.25) is 11.8 Å². The molecule has 2 amide bonds. The summed E-state index contributed by atoms with van der Waals surface area (Å²) >= 11 is 1.39. The van der Waals surface area contributed by atoms with E-state index in [1.165, 1.54) is 17.4 Å². The second kappa shape index (κ2) is 7.06. The predicted molar refractivity (Wildman–Crippen MR) is 104 cm³/mol. The highest BCUT2D eigenvalue weighted by atomic mass is 32.2. The van der Waals surface area contributed by atoms with E-state index in [4.69, 9.17) is 5.73 Å². The summed E-state index contributed by atoms with van der Waals surface area (Å²) in [6.07, 6.45) is 0.681. The molecule has 2 heterocycles. The van der Waals surface area contributed by atoms with Crippen LogP contribution in [0.4, 0.5) is 0 Å². The number of aryl methyl sites for hydroxylation is 1. The van der Waals surface area contributed by atoms with E-state index < -0.39 is 21.8 Å². The molecule has 0 spiro atoms. The molecule has 1 aromatic heterocycles. The monoisotopic (exact) mass is 407 g/mol. The van der Waals surface area contributed by atoms with Gasteiger partial charge in [0, 0.05) is 35.3 Å². The molecule has 1 aliphatic rings. The van der Waals surface area contributed by atoms with Gasteiger partial charge in [-0.25, -0.2) is 13.1 Å². The van der Waals surface area contributed by atoms with E-state index in [2.05, 4.69) is 4.90 Å². The van der Waals surface area contributed by atoms with Crippen molar-refractivity contribution >= 4 is 33.2 Å². The van der Waals surface area contributed by atoms with Crippen molar-refractivity contribution < 1.29 is 18.0 Å². The Bertz CT molecular complexity index is 1040. The highest BCUT2D eigenvalue weighted by molar-refractivity contribution is 7.90. The molecular formula is C18H21N3O4S2. The van der Waals surface area contributed by atoms with E-state index >= 15 is 0 Å². The summed E-state index contributed by atoms with van der Waals surface area (Å²) in [6.45, 7) is 4.46. The molecule has 0 saturated carbocycles. The van der Waals surface area contributed by atoms with Crippen LogP contribution in [0.5, 0.6) is 0 Å². The first-order chi connectivity index (χ1) is 12.6. The van der Waals surface area contributed by atoms with Crippen molar-refractivity contribution in [2.24, 2.45) is 5.73 Å². The Kier molecular flexibility index (Phi) is 5.11. The lowest BCUT2D eigenvalue weighted by Crippen LogP contribution is -2.28. The SMILES string of the molecule is CC(=O)NS(=O)(=O)c1ccc(C)cc1-c1sc2c(c1C(N)=O)CCN(C)C2. The molecule has 0 bridgehead atoms. The van der Waals surface area contributed by atoms with Crippen molar-refractivity contribution in [3.05, 3.63) is 39.8 Å². The number of nitrogens with one attached hydrogen (secondary N) is 1. The van der Waals surface area contributed by atoms with Crippen LogP contribution in [0.2, 0.25) is 0 Å². The zero-order valence-corrected chi connectivity index (χ0v) is 17.0. The molecule has 0 unspecified atom stereocenters. The lowest BCUT2D eigenvalue weighted by Gasteiger charge is -2.22. The molecule has 144 valence electrons. The van der Waals surface area contributed by atoms with Gasteiger partial charge < -0.3 is 10.6 Å². The van der Waals surface area contributed by atoms with E-state index in [9.17, 15) is 18.0 Å². The highest BCUT2D eigenvalue weighted by Gasteiger charge is 2.30. The van der Waals surface area contributed by atoms with Gasteiger partial charge in [-0.3, -0.25) is 9.59 Å². The fraction of sp³-hybridized carbons (Fsp3) is 0.333. The molecule has 0 fully saturated rings. The molecule has 2 aromatic rings. The normalized spacial score (nSPS) is 14.6. The Hall–Kier alpha value is -2.23. The Morgan fingerprint density at radius 1 is 1.30 bits per heavy atom. The van der Waals surface area contributed by atoms with Gasteiger partial charge in [0.25, 0.3) is 10.0 Å². The number of likely N-dealkylation sites (N-methyl/N-ethyl adjacent to an activating group) is 1. The third-order valence-corrected chi connectivity index (χ3v) is 7.18. The van der Waals surface area contributed by atoms with Crippen molar-refractivity contribution in [3.8, 4) is 10.4 Å². The number of primary amides is 1. The Morgan fingerprint density at radius 2 is 2.00 bits per heavy atom. The van der Waals surface area contributed by atoms with E-state index in [-0.39, 0.29) is 4.90 Å². The maximum atomic E-state index is 12.7. The standard InChI is InChI=1S/C18H21N3O4S2/c1-10-4-5-15(27(24,25)20-11(2)22)13(8-10)17-16(18(19)23)12-6-7-21(3)9-14(12)26-17/h4-5,8H,6-7,9H2,1-3H3,(H2,19,23)(H,20,22). The zero-order valence-electron chi connectivity index (χ0n) is 15.3. The number of benzene rings is 1. The first-order valence-electron chi connectivity index (χ1n) is 8.37. The van der Waals surface area contributed by atoms with Gasteiger partial charge in [-0.15, -0.1) is 11.3 Å². The van der Waals surface area contributed by atoms with Crippen LogP contribution in [0, 0.1) is 6.92 Å². The number of amides is 2. The summed E-state index contributed by atoms with van der Waals surface area (Å²) in [6, 6.07) is 4.82. The van der Waals surface area contributed by atoms with Crippen molar-refractivity contribution in [3.63, 3.8) is 0 Å². The lowest BCUT2D eigenvalue weighted by atomic mass is 9.98. The molecule has 3 rings (SSSR count). The number of nitrogens with two attached hydrogens (primary N) is 1. The summed E-state index contributed by atoms with van der Waals surface area (Å²) in [5.41, 5.74) is 8.17. The minimum atomic E-state index is -4.07. The molecule has 0 saturated heterocycles. The van der Waals surface area contributed by atoms with Crippen LogP contribution in [0.15, 0.2) is 23.1 Å². The van der Waals surface area contributed by atoms with Crippen LogP contribution < -0.4 is 10.5 Å². The number of thiophene rings is 1. The van der Waals surface area contributed by atoms with Crippen LogP contribution in [0.1, 0.15) is 33.3 Å². The second-order valence-electron chi connectivity index (χ2n) is 6.72. The van der Waals surface area contributed by atoms with Crippen LogP contribution in [0.25, 0.3) is 10.4 Å². The molecule has 0 aliphatic carbocycles. The summed E-state index contributed by atoms with van der Waals surface area (Å²) in [5, 5.41) is 0. The fourth-order valence-electron chi connectivity index (χ4n) is 3.28. The summed E-state index contributed by atoms with van der Waals surface area (Å²) < 4.78 is 27.3. The number of rotatable bonds is 4. The minimum Gasteiger partial charge on any atom is -0.366 e. The number of nitrogens with zero attached hydrogens (tertiary/aromatic N) is 1. The highest BCUT2D eigenvalue weighted by Crippen LogP contribution is 2.41. The van der Waals surface area contributed by atoms with Gasteiger partial charge in [0.05, 0.1) is 10.5 Å². The van der Waals surface area contributed by atoms with Crippen LogP contribution in [-0.2, 0) is 27.8 Å². The third-order valence-electron chi connectivity index (χ3n) is 4.44.